The van der Waals surface area contributed by atoms with Crippen LogP contribution >= 0.6 is 0 Å². The number of aliphatic hydroxyl groups is 1. The highest BCUT2D eigenvalue weighted by Gasteiger charge is 2.59. The van der Waals surface area contributed by atoms with E-state index in [1.54, 1.807) is 0 Å². The molecule has 5 nitrogen and oxygen atoms in total. The second-order valence-corrected chi connectivity index (χ2v) is 6.21. The summed E-state index contributed by atoms with van der Waals surface area (Å²) in [6.45, 7) is 0. The Labute approximate surface area is 163 Å². The van der Waals surface area contributed by atoms with Crippen molar-refractivity contribution in [2.75, 3.05) is 0 Å². The average Bonchev–Trinajstić information content (AvgIpc) is 2.97. The number of halogens is 7. The normalized spacial score (nSPS) is 20.5. The molecular weight excluding hydrogens is 425 g/mol. The lowest BCUT2D eigenvalue weighted by atomic mass is 9.85. The highest BCUT2D eigenvalue weighted by atomic mass is 19.4. The first-order chi connectivity index (χ1) is 13.9. The summed E-state index contributed by atoms with van der Waals surface area (Å²) in [7, 11) is 0. The monoisotopic (exact) mass is 436 g/mol. The SMILES string of the molecule is O=C1NN=C(c2ccc(OC(F)(F)C(F)C(F)(F)F)cc2)C1(O)c1ccc(F)cc1. The van der Waals surface area contributed by atoms with Crippen LogP contribution in [0.4, 0.5) is 30.7 Å². The predicted molar refractivity (Wildman–Crippen MR) is 87.9 cm³/mol. The van der Waals surface area contributed by atoms with Crippen molar-refractivity contribution in [3.63, 3.8) is 0 Å². The highest BCUT2D eigenvalue weighted by Crippen LogP contribution is 2.37. The summed E-state index contributed by atoms with van der Waals surface area (Å²) >= 11 is 0. The van der Waals surface area contributed by atoms with Crippen molar-refractivity contribution in [1.29, 1.82) is 0 Å². The van der Waals surface area contributed by atoms with Gasteiger partial charge in [-0.05, 0) is 42.0 Å². The number of ether oxygens (including phenoxy) is 1. The van der Waals surface area contributed by atoms with Gasteiger partial charge >= 0.3 is 12.3 Å². The van der Waals surface area contributed by atoms with Crippen LogP contribution in [0.3, 0.4) is 0 Å². The van der Waals surface area contributed by atoms with Crippen LogP contribution in [0.2, 0.25) is 0 Å². The Hall–Kier alpha value is -3.15. The topological polar surface area (TPSA) is 70.9 Å². The molecule has 160 valence electrons. The maximum atomic E-state index is 13.4. The van der Waals surface area contributed by atoms with E-state index in [1.807, 2.05) is 5.43 Å². The Morgan fingerprint density at radius 2 is 1.57 bits per heavy atom. The van der Waals surface area contributed by atoms with Gasteiger partial charge in [-0.2, -0.15) is 27.1 Å². The third-order valence-corrected chi connectivity index (χ3v) is 4.17. The zero-order valence-electron chi connectivity index (χ0n) is 14.6. The number of hydrazone groups is 1. The number of carbonyl (C=O) groups excluding carboxylic acids is 1. The maximum Gasteiger partial charge on any atom is 0.439 e. The van der Waals surface area contributed by atoms with Gasteiger partial charge in [0.1, 0.15) is 17.3 Å². The molecule has 2 N–H and O–H groups in total. The molecular formula is C18H11F7N2O3. The van der Waals surface area contributed by atoms with Gasteiger partial charge in [-0.1, -0.05) is 12.1 Å². The Morgan fingerprint density at radius 1 is 1.00 bits per heavy atom. The Balaban J connectivity index is 1.87. The fourth-order valence-electron chi connectivity index (χ4n) is 2.69. The van der Waals surface area contributed by atoms with E-state index in [2.05, 4.69) is 9.84 Å². The summed E-state index contributed by atoms with van der Waals surface area (Å²) < 4.78 is 93.2. The van der Waals surface area contributed by atoms with E-state index in [1.165, 1.54) is 0 Å². The number of alkyl halides is 6. The van der Waals surface area contributed by atoms with Gasteiger partial charge in [-0.3, -0.25) is 4.79 Å². The summed E-state index contributed by atoms with van der Waals surface area (Å²) in [5.74, 6) is -2.41. The molecule has 0 saturated heterocycles. The molecule has 0 radical (unpaired) electrons. The van der Waals surface area contributed by atoms with Crippen LogP contribution in [0.25, 0.3) is 0 Å². The fourth-order valence-corrected chi connectivity index (χ4v) is 2.69. The number of hydrogen-bond donors (Lipinski definition) is 2. The first kappa shape index (κ1) is 21.6. The fraction of sp³-hybridized carbons (Fsp3) is 0.222. The number of amides is 1. The van der Waals surface area contributed by atoms with Gasteiger partial charge in [-0.15, -0.1) is 0 Å². The van der Waals surface area contributed by atoms with E-state index >= 15 is 0 Å². The third-order valence-electron chi connectivity index (χ3n) is 4.17. The smallest absolute Gasteiger partial charge is 0.430 e. The molecule has 1 amide bonds. The molecule has 1 aliphatic rings. The number of rotatable bonds is 5. The molecule has 0 bridgehead atoms. The molecule has 0 fully saturated rings. The van der Waals surface area contributed by atoms with Crippen molar-refractivity contribution in [3.8, 4) is 5.75 Å². The van der Waals surface area contributed by atoms with E-state index in [0.717, 1.165) is 48.5 Å². The summed E-state index contributed by atoms with van der Waals surface area (Å²) in [6.07, 6.45) is -15.6. The molecule has 2 unspecified atom stereocenters. The lowest BCUT2D eigenvalue weighted by Crippen LogP contribution is -2.45. The minimum atomic E-state index is -5.83. The number of nitrogens with zero attached hydrogens (tertiary/aromatic N) is 1. The van der Waals surface area contributed by atoms with E-state index in [-0.39, 0.29) is 16.8 Å². The molecule has 1 heterocycles. The lowest BCUT2D eigenvalue weighted by molar-refractivity contribution is -0.304. The summed E-state index contributed by atoms with van der Waals surface area (Å²) in [4.78, 5) is 12.1. The minimum absolute atomic E-state index is 0.00320. The zero-order chi connectivity index (χ0) is 22.3. The van der Waals surface area contributed by atoms with Gasteiger partial charge in [0, 0.05) is 5.56 Å². The number of nitrogens with one attached hydrogen (secondary N) is 1. The van der Waals surface area contributed by atoms with Crippen LogP contribution in [0, 0.1) is 5.82 Å². The minimum Gasteiger partial charge on any atom is -0.430 e. The molecule has 2 aromatic rings. The van der Waals surface area contributed by atoms with Gasteiger partial charge in [0.25, 0.3) is 12.1 Å². The second-order valence-electron chi connectivity index (χ2n) is 6.21. The van der Waals surface area contributed by atoms with Crippen molar-refractivity contribution < 1.29 is 45.4 Å². The first-order valence-corrected chi connectivity index (χ1v) is 8.11. The third kappa shape index (κ3) is 3.82. The molecule has 2 aromatic carbocycles. The van der Waals surface area contributed by atoms with Crippen LogP contribution in [0.5, 0.6) is 5.75 Å². The number of hydrogen-bond acceptors (Lipinski definition) is 4. The predicted octanol–water partition coefficient (Wildman–Crippen LogP) is 3.42. The molecule has 0 aliphatic carbocycles. The van der Waals surface area contributed by atoms with E-state index in [4.69, 9.17) is 0 Å². The van der Waals surface area contributed by atoms with Gasteiger partial charge in [0.05, 0.1) is 0 Å². The molecule has 2 atom stereocenters. The average molecular weight is 436 g/mol. The zero-order valence-corrected chi connectivity index (χ0v) is 14.6. The Morgan fingerprint density at radius 3 is 2.10 bits per heavy atom. The molecule has 30 heavy (non-hydrogen) atoms. The van der Waals surface area contributed by atoms with Crippen LogP contribution < -0.4 is 10.2 Å². The quantitative estimate of drug-likeness (QED) is 0.706. The molecule has 1 aliphatic heterocycles. The van der Waals surface area contributed by atoms with Gasteiger partial charge < -0.3 is 9.84 Å². The number of benzene rings is 2. The van der Waals surface area contributed by atoms with Gasteiger partial charge in [0.2, 0.25) is 5.60 Å². The lowest BCUT2D eigenvalue weighted by Gasteiger charge is -2.24. The molecule has 3 rings (SSSR count). The van der Waals surface area contributed by atoms with Gasteiger partial charge in [0.15, 0.2) is 0 Å². The van der Waals surface area contributed by atoms with Gasteiger partial charge in [-0.25, -0.2) is 14.2 Å². The van der Waals surface area contributed by atoms with Crippen LogP contribution in [0.1, 0.15) is 11.1 Å². The number of carbonyl (C=O) groups is 1. The molecule has 0 aromatic heterocycles. The Kier molecular flexibility index (Phi) is 5.23. The standard InChI is InChI=1S/C18H11F7N2O3/c19-11-5-3-10(4-6-11)16(29)13(26-27-15(16)28)9-1-7-12(8-2-9)30-18(24,25)14(20)17(21,22)23/h1-8,14,29H,(H,27,28). The van der Waals surface area contributed by atoms with Crippen molar-refractivity contribution in [3.05, 3.63) is 65.5 Å². The van der Waals surface area contributed by atoms with Crippen LogP contribution in [-0.2, 0) is 10.4 Å². The first-order valence-electron chi connectivity index (χ1n) is 8.11. The van der Waals surface area contributed by atoms with Crippen molar-refractivity contribution in [2.24, 2.45) is 5.10 Å². The maximum absolute atomic E-state index is 13.4. The molecule has 0 saturated carbocycles. The summed E-state index contributed by atoms with van der Waals surface area (Å²) in [6, 6.07) is 7.83. The van der Waals surface area contributed by atoms with E-state index < -0.39 is 41.5 Å². The molecule has 12 heteroatoms. The van der Waals surface area contributed by atoms with Crippen LogP contribution in [-0.4, -0.2) is 35.2 Å². The van der Waals surface area contributed by atoms with Crippen LogP contribution in [0.15, 0.2) is 53.6 Å². The summed E-state index contributed by atoms with van der Waals surface area (Å²) in [5, 5.41) is 14.5. The Bertz CT molecular complexity index is 975. The summed E-state index contributed by atoms with van der Waals surface area (Å²) in [5.41, 5.74) is -0.636. The van der Waals surface area contributed by atoms with Crippen molar-refractivity contribution >= 4 is 11.6 Å². The molecule has 0 spiro atoms. The van der Waals surface area contributed by atoms with Crippen molar-refractivity contribution in [1.82, 2.24) is 5.43 Å². The van der Waals surface area contributed by atoms with Crippen molar-refractivity contribution in [2.45, 2.75) is 24.1 Å². The van der Waals surface area contributed by atoms with E-state index in [0.29, 0.717) is 0 Å². The highest BCUT2D eigenvalue weighted by molar-refractivity contribution is 6.22. The largest absolute Gasteiger partial charge is 0.439 e. The van der Waals surface area contributed by atoms with E-state index in [9.17, 15) is 40.6 Å². The second kappa shape index (κ2) is 7.27.